The number of benzene rings is 1. The Morgan fingerprint density at radius 2 is 2.00 bits per heavy atom. The molecule has 0 radical (unpaired) electrons. The highest BCUT2D eigenvalue weighted by Crippen LogP contribution is 2.34. The fourth-order valence-electron chi connectivity index (χ4n) is 1.63. The lowest BCUT2D eigenvalue weighted by molar-refractivity contribution is -0.497. The number of halogens is 1. The third kappa shape index (κ3) is 3.29. The molecule has 19 heavy (non-hydrogen) atoms. The number of hydrogen-bond donors (Lipinski definition) is 0. The molecule has 0 aliphatic heterocycles. The molecule has 100 valence electrons. The summed E-state index contributed by atoms with van der Waals surface area (Å²) in [6.45, 7) is -0.415. The highest BCUT2D eigenvalue weighted by atomic mass is 35.5. The second kappa shape index (κ2) is 5.36. The van der Waals surface area contributed by atoms with Gasteiger partial charge in [0.1, 0.15) is 5.92 Å². The zero-order valence-corrected chi connectivity index (χ0v) is 10.5. The summed E-state index contributed by atoms with van der Waals surface area (Å²) in [5.74, 6) is -1.78. The average Bonchev–Trinajstić information content (AvgIpc) is 3.16. The first-order valence-electron chi connectivity index (χ1n) is 5.58. The van der Waals surface area contributed by atoms with Crippen molar-refractivity contribution < 1.29 is 19.2 Å². The molecule has 1 aliphatic carbocycles. The lowest BCUT2D eigenvalue weighted by Crippen LogP contribution is -2.18. The molecular formula is C12H10ClNO5. The maximum absolute atomic E-state index is 11.7. The van der Waals surface area contributed by atoms with Gasteiger partial charge in [-0.15, -0.1) is 0 Å². The molecule has 1 fully saturated rings. The van der Waals surface area contributed by atoms with Crippen LogP contribution in [0.1, 0.15) is 16.8 Å². The predicted molar refractivity (Wildman–Crippen MR) is 65.6 cm³/mol. The first kappa shape index (κ1) is 13.5. The monoisotopic (exact) mass is 283 g/mol. The normalized spacial score (nSPS) is 20.7. The number of Topliss-reactive ketones (excluding diaryl/α,β-unsaturated/α-hetero) is 1. The lowest BCUT2D eigenvalue weighted by Gasteiger charge is -2.03. The molecule has 0 heterocycles. The number of carbonyl (C=O) groups is 2. The maximum Gasteiger partial charge on any atom is 0.316 e. The Kier molecular flexibility index (Phi) is 3.80. The molecule has 0 saturated heterocycles. The van der Waals surface area contributed by atoms with Gasteiger partial charge in [0.15, 0.2) is 12.4 Å². The van der Waals surface area contributed by atoms with E-state index in [9.17, 15) is 19.7 Å². The van der Waals surface area contributed by atoms with Crippen molar-refractivity contribution in [3.8, 4) is 0 Å². The molecule has 1 aromatic carbocycles. The van der Waals surface area contributed by atoms with Crippen molar-refractivity contribution >= 4 is 23.4 Å². The van der Waals surface area contributed by atoms with Crippen LogP contribution >= 0.6 is 11.6 Å². The summed E-state index contributed by atoms with van der Waals surface area (Å²) in [5, 5.41) is 10.9. The van der Waals surface area contributed by atoms with Crippen LogP contribution in [0.3, 0.4) is 0 Å². The van der Waals surface area contributed by atoms with Gasteiger partial charge in [0, 0.05) is 21.9 Å². The summed E-state index contributed by atoms with van der Waals surface area (Å²) >= 11 is 5.68. The minimum Gasteiger partial charge on any atom is -0.457 e. The third-order valence-electron chi connectivity index (χ3n) is 2.84. The van der Waals surface area contributed by atoms with Gasteiger partial charge in [-0.05, 0) is 24.3 Å². The molecule has 1 aliphatic rings. The zero-order valence-electron chi connectivity index (χ0n) is 9.74. The molecule has 0 spiro atoms. The van der Waals surface area contributed by atoms with Crippen molar-refractivity contribution in [2.24, 2.45) is 5.92 Å². The number of ether oxygens (including phenoxy) is 1. The smallest absolute Gasteiger partial charge is 0.316 e. The van der Waals surface area contributed by atoms with E-state index in [0.717, 1.165) is 0 Å². The number of ketones is 1. The fraction of sp³-hybridized carbons (Fsp3) is 0.333. The molecule has 0 aromatic heterocycles. The van der Waals surface area contributed by atoms with E-state index >= 15 is 0 Å². The van der Waals surface area contributed by atoms with Crippen LogP contribution in [-0.2, 0) is 9.53 Å². The topological polar surface area (TPSA) is 86.5 Å². The summed E-state index contributed by atoms with van der Waals surface area (Å²) in [5.41, 5.74) is 0.374. The van der Waals surface area contributed by atoms with E-state index in [1.54, 1.807) is 12.1 Å². The molecule has 0 bridgehead atoms. The molecule has 2 unspecified atom stereocenters. The summed E-state index contributed by atoms with van der Waals surface area (Å²) in [6, 6.07) is 5.30. The van der Waals surface area contributed by atoms with Gasteiger partial charge in [-0.2, -0.15) is 0 Å². The Balaban J connectivity index is 1.83. The molecule has 7 heteroatoms. The van der Waals surface area contributed by atoms with E-state index in [1.165, 1.54) is 12.1 Å². The van der Waals surface area contributed by atoms with Crippen molar-refractivity contribution in [1.82, 2.24) is 0 Å². The van der Waals surface area contributed by atoms with Crippen LogP contribution in [0.15, 0.2) is 24.3 Å². The van der Waals surface area contributed by atoms with Crippen LogP contribution in [0.25, 0.3) is 0 Å². The molecule has 0 N–H and O–H groups in total. The van der Waals surface area contributed by atoms with Crippen LogP contribution in [0.5, 0.6) is 0 Å². The molecule has 6 nitrogen and oxygen atoms in total. The van der Waals surface area contributed by atoms with Crippen LogP contribution in [-0.4, -0.2) is 29.3 Å². The minimum atomic E-state index is -0.863. The second-order valence-electron chi connectivity index (χ2n) is 4.23. The van der Waals surface area contributed by atoms with E-state index in [2.05, 4.69) is 0 Å². The molecule has 1 saturated carbocycles. The van der Waals surface area contributed by atoms with Gasteiger partial charge in [0.25, 0.3) is 0 Å². The van der Waals surface area contributed by atoms with Crippen LogP contribution in [0.2, 0.25) is 5.02 Å². The van der Waals surface area contributed by atoms with Crippen LogP contribution in [0.4, 0.5) is 0 Å². The maximum atomic E-state index is 11.7. The van der Waals surface area contributed by atoms with Crippen LogP contribution in [0, 0.1) is 16.0 Å². The van der Waals surface area contributed by atoms with Gasteiger partial charge in [-0.25, -0.2) is 0 Å². The summed E-state index contributed by atoms with van der Waals surface area (Å²) in [7, 11) is 0. The third-order valence-corrected chi connectivity index (χ3v) is 3.09. The standard InChI is InChI=1S/C12H10ClNO5/c13-8-3-1-7(2-4-8)11(15)6-19-12(16)9-5-10(9)14(17)18/h1-4,9-10H,5-6H2. The summed E-state index contributed by atoms with van der Waals surface area (Å²) < 4.78 is 4.77. The number of nitrogens with zero attached hydrogens (tertiary/aromatic N) is 1. The van der Waals surface area contributed by atoms with E-state index in [4.69, 9.17) is 16.3 Å². The van der Waals surface area contributed by atoms with Gasteiger partial charge in [0.05, 0.1) is 0 Å². The van der Waals surface area contributed by atoms with Crippen molar-refractivity contribution in [2.75, 3.05) is 6.61 Å². The van der Waals surface area contributed by atoms with Gasteiger partial charge in [0.2, 0.25) is 6.04 Å². The Hall–Kier alpha value is -1.95. The van der Waals surface area contributed by atoms with E-state index in [1.807, 2.05) is 0 Å². The first-order chi connectivity index (χ1) is 8.99. The molecule has 0 amide bonds. The molecular weight excluding hydrogens is 274 g/mol. The zero-order chi connectivity index (χ0) is 14.0. The Bertz CT molecular complexity index is 527. The summed E-state index contributed by atoms with van der Waals surface area (Å²) in [6.07, 6.45) is 0.182. The largest absolute Gasteiger partial charge is 0.457 e. The quantitative estimate of drug-likeness (QED) is 0.355. The molecule has 1 aromatic rings. The first-order valence-corrected chi connectivity index (χ1v) is 5.95. The average molecular weight is 284 g/mol. The van der Waals surface area contributed by atoms with Crippen molar-refractivity contribution in [2.45, 2.75) is 12.5 Å². The molecule has 2 rings (SSSR count). The number of hydrogen-bond acceptors (Lipinski definition) is 5. The van der Waals surface area contributed by atoms with E-state index in [-0.39, 0.29) is 12.2 Å². The second-order valence-corrected chi connectivity index (χ2v) is 4.67. The highest BCUT2D eigenvalue weighted by Gasteiger charge is 2.54. The van der Waals surface area contributed by atoms with Crippen molar-refractivity contribution in [3.05, 3.63) is 45.0 Å². The Morgan fingerprint density at radius 1 is 1.37 bits per heavy atom. The van der Waals surface area contributed by atoms with Crippen molar-refractivity contribution in [3.63, 3.8) is 0 Å². The van der Waals surface area contributed by atoms with Gasteiger partial charge >= 0.3 is 5.97 Å². The number of esters is 1. The predicted octanol–water partition coefficient (Wildman–Crippen LogP) is 1.73. The number of carbonyl (C=O) groups excluding carboxylic acids is 2. The van der Waals surface area contributed by atoms with Gasteiger partial charge < -0.3 is 4.74 Å². The Labute approximate surface area is 113 Å². The van der Waals surface area contributed by atoms with Crippen molar-refractivity contribution in [1.29, 1.82) is 0 Å². The number of rotatable bonds is 5. The van der Waals surface area contributed by atoms with E-state index in [0.29, 0.717) is 10.6 Å². The van der Waals surface area contributed by atoms with Gasteiger partial charge in [-0.3, -0.25) is 19.7 Å². The highest BCUT2D eigenvalue weighted by molar-refractivity contribution is 6.30. The Morgan fingerprint density at radius 3 is 2.53 bits per heavy atom. The van der Waals surface area contributed by atoms with Crippen LogP contribution < -0.4 is 0 Å². The SMILES string of the molecule is O=C(COC(=O)C1CC1[N+](=O)[O-])c1ccc(Cl)cc1. The lowest BCUT2D eigenvalue weighted by atomic mass is 10.1. The number of nitro groups is 1. The summed E-state index contributed by atoms with van der Waals surface area (Å²) in [4.78, 5) is 33.0. The van der Waals surface area contributed by atoms with Gasteiger partial charge in [-0.1, -0.05) is 11.6 Å². The van der Waals surface area contributed by atoms with E-state index < -0.39 is 29.5 Å². The fourth-order valence-corrected chi connectivity index (χ4v) is 1.76. The minimum absolute atomic E-state index is 0.182. The molecule has 2 atom stereocenters.